The Labute approximate surface area is 119 Å². The van der Waals surface area contributed by atoms with Gasteiger partial charge in [0.15, 0.2) is 11.5 Å². The normalized spacial score (nSPS) is 16.4. The summed E-state index contributed by atoms with van der Waals surface area (Å²) in [5.41, 5.74) is 0.179. The van der Waals surface area contributed by atoms with Crippen molar-refractivity contribution in [2.45, 2.75) is 19.3 Å². The first kappa shape index (κ1) is 14.7. The molecule has 1 aliphatic rings. The molecule has 1 aromatic carbocycles. The molecule has 0 aromatic heterocycles. The molecule has 110 valence electrons. The fourth-order valence-electron chi connectivity index (χ4n) is 2.65. The van der Waals surface area contributed by atoms with Crippen LogP contribution in [0.2, 0.25) is 0 Å². The maximum atomic E-state index is 12.3. The first-order valence-electron chi connectivity index (χ1n) is 7.08. The van der Waals surface area contributed by atoms with E-state index in [4.69, 9.17) is 0 Å². The number of likely N-dealkylation sites (tertiary alicyclic amines) is 1. The number of phenolic OH excluding ortho intramolecular Hbond substituents is 2. The smallest absolute Gasteiger partial charge is 0.257 e. The van der Waals surface area contributed by atoms with E-state index >= 15 is 0 Å². The number of rotatable bonds is 4. The summed E-state index contributed by atoms with van der Waals surface area (Å²) in [6, 6.07) is 4.49. The van der Waals surface area contributed by atoms with Gasteiger partial charge in [0.1, 0.15) is 0 Å². The van der Waals surface area contributed by atoms with Crippen LogP contribution >= 0.6 is 0 Å². The molecular formula is C15H22N2O3. The van der Waals surface area contributed by atoms with Crippen molar-refractivity contribution in [2.24, 2.45) is 5.92 Å². The molecule has 0 atom stereocenters. The number of hydrogen-bond acceptors (Lipinski definition) is 4. The molecule has 1 amide bonds. The van der Waals surface area contributed by atoms with Gasteiger partial charge in [-0.15, -0.1) is 0 Å². The van der Waals surface area contributed by atoms with Crippen LogP contribution in [0.25, 0.3) is 0 Å². The van der Waals surface area contributed by atoms with Crippen molar-refractivity contribution in [3.63, 3.8) is 0 Å². The molecular weight excluding hydrogens is 256 g/mol. The summed E-state index contributed by atoms with van der Waals surface area (Å²) in [7, 11) is 1.95. The van der Waals surface area contributed by atoms with Gasteiger partial charge in [-0.05, 0) is 50.9 Å². The molecule has 1 aliphatic heterocycles. The van der Waals surface area contributed by atoms with Crippen molar-refractivity contribution in [1.29, 1.82) is 0 Å². The number of nitrogens with one attached hydrogen (secondary N) is 1. The van der Waals surface area contributed by atoms with Crippen LogP contribution in [0.4, 0.5) is 0 Å². The number of piperidine rings is 1. The van der Waals surface area contributed by atoms with Crippen LogP contribution in [0.15, 0.2) is 18.2 Å². The first-order chi connectivity index (χ1) is 9.63. The number of carbonyl (C=O) groups is 1. The van der Waals surface area contributed by atoms with Gasteiger partial charge in [-0.3, -0.25) is 4.79 Å². The fraction of sp³-hybridized carbons (Fsp3) is 0.533. The predicted octanol–water partition coefficient (Wildman–Crippen LogP) is 1.56. The first-order valence-corrected chi connectivity index (χ1v) is 7.08. The Morgan fingerprint density at radius 2 is 2.05 bits per heavy atom. The lowest BCUT2D eigenvalue weighted by Crippen LogP contribution is -2.39. The van der Waals surface area contributed by atoms with E-state index in [1.165, 1.54) is 6.07 Å². The molecule has 2 rings (SSSR count). The average molecular weight is 278 g/mol. The van der Waals surface area contributed by atoms with Crippen LogP contribution < -0.4 is 5.32 Å². The molecule has 0 unspecified atom stereocenters. The summed E-state index contributed by atoms with van der Waals surface area (Å²) in [5.74, 6) is -0.121. The number of aromatic hydroxyl groups is 2. The van der Waals surface area contributed by atoms with E-state index in [-0.39, 0.29) is 23.0 Å². The second-order valence-electron chi connectivity index (χ2n) is 5.30. The molecule has 5 heteroatoms. The quantitative estimate of drug-likeness (QED) is 0.731. The van der Waals surface area contributed by atoms with Gasteiger partial charge < -0.3 is 20.4 Å². The molecule has 0 bridgehead atoms. The van der Waals surface area contributed by atoms with Gasteiger partial charge in [-0.1, -0.05) is 6.07 Å². The lowest BCUT2D eigenvalue weighted by Gasteiger charge is -2.32. The summed E-state index contributed by atoms with van der Waals surface area (Å²) in [6.45, 7) is 2.43. The molecule has 1 fully saturated rings. The average Bonchev–Trinajstić information content (AvgIpc) is 2.48. The zero-order valence-electron chi connectivity index (χ0n) is 11.8. The van der Waals surface area contributed by atoms with Crippen molar-refractivity contribution in [3.8, 4) is 11.5 Å². The van der Waals surface area contributed by atoms with Crippen molar-refractivity contribution in [2.75, 3.05) is 26.7 Å². The minimum absolute atomic E-state index is 0.179. The summed E-state index contributed by atoms with van der Waals surface area (Å²) >= 11 is 0. The Morgan fingerprint density at radius 3 is 2.70 bits per heavy atom. The number of carbonyl (C=O) groups excluding carboxylic acids is 1. The number of hydrogen-bond donors (Lipinski definition) is 3. The molecule has 3 N–H and O–H groups in total. The second-order valence-corrected chi connectivity index (χ2v) is 5.30. The Kier molecular flexibility index (Phi) is 4.84. The molecule has 1 aromatic rings. The highest BCUT2D eigenvalue weighted by Gasteiger charge is 2.25. The highest BCUT2D eigenvalue weighted by Crippen LogP contribution is 2.30. The van der Waals surface area contributed by atoms with Crippen LogP contribution in [0, 0.1) is 5.92 Å². The van der Waals surface area contributed by atoms with E-state index in [1.807, 2.05) is 7.05 Å². The highest BCUT2D eigenvalue weighted by molar-refractivity contribution is 5.97. The lowest BCUT2D eigenvalue weighted by molar-refractivity contribution is 0.0683. The van der Waals surface area contributed by atoms with E-state index < -0.39 is 0 Å². The van der Waals surface area contributed by atoms with Gasteiger partial charge >= 0.3 is 0 Å². The van der Waals surface area contributed by atoms with Gasteiger partial charge in [0.25, 0.3) is 5.91 Å². The third-order valence-corrected chi connectivity index (χ3v) is 3.95. The standard InChI is InChI=1S/C15H22N2O3/c1-16-8-5-11-6-9-17(10-7-11)15(20)12-3-2-4-13(18)14(12)19/h2-4,11,16,18-19H,5-10H2,1H3. The summed E-state index contributed by atoms with van der Waals surface area (Å²) in [5, 5.41) is 22.4. The number of nitrogens with zero attached hydrogens (tertiary/aromatic N) is 1. The summed E-state index contributed by atoms with van der Waals surface area (Å²) in [4.78, 5) is 14.1. The summed E-state index contributed by atoms with van der Waals surface area (Å²) in [6.07, 6.45) is 3.12. The van der Waals surface area contributed by atoms with Crippen LogP contribution in [0.1, 0.15) is 29.6 Å². The van der Waals surface area contributed by atoms with Gasteiger partial charge in [0, 0.05) is 13.1 Å². The third-order valence-electron chi connectivity index (χ3n) is 3.95. The van der Waals surface area contributed by atoms with Gasteiger partial charge in [0.05, 0.1) is 5.56 Å². The topological polar surface area (TPSA) is 72.8 Å². The minimum Gasteiger partial charge on any atom is -0.504 e. The zero-order valence-corrected chi connectivity index (χ0v) is 11.8. The Morgan fingerprint density at radius 1 is 1.35 bits per heavy atom. The number of phenols is 2. The molecule has 0 spiro atoms. The fourth-order valence-corrected chi connectivity index (χ4v) is 2.65. The van der Waals surface area contributed by atoms with Crippen molar-refractivity contribution < 1.29 is 15.0 Å². The van der Waals surface area contributed by atoms with Gasteiger partial charge in [0.2, 0.25) is 0 Å². The zero-order chi connectivity index (χ0) is 14.5. The van der Waals surface area contributed by atoms with Crippen LogP contribution in [0.3, 0.4) is 0 Å². The molecule has 0 aliphatic carbocycles. The van der Waals surface area contributed by atoms with E-state index in [0.717, 1.165) is 25.8 Å². The van der Waals surface area contributed by atoms with E-state index in [1.54, 1.807) is 17.0 Å². The van der Waals surface area contributed by atoms with Crippen LogP contribution in [0.5, 0.6) is 11.5 Å². The Hall–Kier alpha value is -1.75. The largest absolute Gasteiger partial charge is 0.504 e. The molecule has 0 radical (unpaired) electrons. The van der Waals surface area contributed by atoms with Crippen molar-refractivity contribution >= 4 is 5.91 Å². The van der Waals surface area contributed by atoms with Crippen molar-refractivity contribution in [1.82, 2.24) is 10.2 Å². The van der Waals surface area contributed by atoms with Crippen molar-refractivity contribution in [3.05, 3.63) is 23.8 Å². The van der Waals surface area contributed by atoms with E-state index in [0.29, 0.717) is 19.0 Å². The maximum Gasteiger partial charge on any atom is 0.257 e. The minimum atomic E-state index is -0.324. The SMILES string of the molecule is CNCCC1CCN(C(=O)c2cccc(O)c2O)CC1. The predicted molar refractivity (Wildman–Crippen MR) is 76.9 cm³/mol. The Bertz CT molecular complexity index is 468. The van der Waals surface area contributed by atoms with Crippen LogP contribution in [-0.2, 0) is 0 Å². The monoisotopic (exact) mass is 278 g/mol. The van der Waals surface area contributed by atoms with Gasteiger partial charge in [-0.2, -0.15) is 0 Å². The summed E-state index contributed by atoms with van der Waals surface area (Å²) < 4.78 is 0. The van der Waals surface area contributed by atoms with Gasteiger partial charge in [-0.25, -0.2) is 0 Å². The molecule has 20 heavy (non-hydrogen) atoms. The lowest BCUT2D eigenvalue weighted by atomic mass is 9.93. The Balaban J connectivity index is 1.96. The number of para-hydroxylation sites is 1. The van der Waals surface area contributed by atoms with E-state index in [9.17, 15) is 15.0 Å². The molecule has 1 heterocycles. The highest BCUT2D eigenvalue weighted by atomic mass is 16.3. The maximum absolute atomic E-state index is 12.3. The molecule has 1 saturated heterocycles. The number of benzene rings is 1. The van der Waals surface area contributed by atoms with E-state index in [2.05, 4.69) is 5.32 Å². The number of amides is 1. The molecule has 0 saturated carbocycles. The second kappa shape index (κ2) is 6.61. The molecule has 5 nitrogen and oxygen atoms in total. The third kappa shape index (κ3) is 3.22. The van der Waals surface area contributed by atoms with Crippen LogP contribution in [-0.4, -0.2) is 47.7 Å².